The molecule has 1 aliphatic rings. The molecule has 2 unspecified atom stereocenters. The van der Waals surface area contributed by atoms with Gasteiger partial charge in [-0.25, -0.2) is 0 Å². The molecule has 2 heterocycles. The summed E-state index contributed by atoms with van der Waals surface area (Å²) < 4.78 is 10.4. The number of amides is 1. The van der Waals surface area contributed by atoms with Crippen molar-refractivity contribution in [2.75, 3.05) is 33.5 Å². The van der Waals surface area contributed by atoms with E-state index in [2.05, 4.69) is 5.32 Å². The molecule has 1 amide bonds. The van der Waals surface area contributed by atoms with Crippen LogP contribution in [-0.4, -0.2) is 50.3 Å². The van der Waals surface area contributed by atoms with Crippen molar-refractivity contribution >= 4 is 17.2 Å². The molecule has 0 spiro atoms. The van der Waals surface area contributed by atoms with Crippen LogP contribution in [0.4, 0.5) is 0 Å². The van der Waals surface area contributed by atoms with Crippen molar-refractivity contribution in [2.24, 2.45) is 0 Å². The summed E-state index contributed by atoms with van der Waals surface area (Å²) in [7, 11) is 1.64. The second-order valence-electron chi connectivity index (χ2n) is 4.44. The van der Waals surface area contributed by atoms with E-state index in [0.29, 0.717) is 26.4 Å². The first kappa shape index (κ1) is 14.5. The van der Waals surface area contributed by atoms with E-state index < -0.39 is 0 Å². The molecule has 1 fully saturated rings. The second-order valence-corrected chi connectivity index (χ2v) is 5.42. The Bertz CT molecular complexity index is 397. The Hall–Kier alpha value is -0.950. The van der Waals surface area contributed by atoms with E-state index in [1.807, 2.05) is 29.3 Å². The van der Waals surface area contributed by atoms with Crippen LogP contribution in [0, 0.1) is 0 Å². The first-order valence-corrected chi connectivity index (χ1v) is 7.28. The lowest BCUT2D eigenvalue weighted by Gasteiger charge is -2.23. The summed E-state index contributed by atoms with van der Waals surface area (Å²) in [5, 5.41) is 5.34. The first-order chi connectivity index (χ1) is 9.24. The molecule has 2 atom stereocenters. The Morgan fingerprint density at radius 3 is 2.95 bits per heavy atom. The third-order valence-electron chi connectivity index (χ3n) is 3.09. The van der Waals surface area contributed by atoms with Crippen molar-refractivity contribution in [3.63, 3.8) is 0 Å². The van der Waals surface area contributed by atoms with Gasteiger partial charge in [0.2, 0.25) is 5.91 Å². The number of nitrogens with one attached hydrogen (secondary N) is 1. The van der Waals surface area contributed by atoms with E-state index in [1.54, 1.807) is 18.4 Å². The zero-order valence-corrected chi connectivity index (χ0v) is 12.1. The Kier molecular flexibility index (Phi) is 5.33. The molecule has 1 aliphatic heterocycles. The normalized spacial score (nSPS) is 23.3. The van der Waals surface area contributed by atoms with Crippen molar-refractivity contribution in [2.45, 2.75) is 19.1 Å². The summed E-state index contributed by atoms with van der Waals surface area (Å²) in [4.78, 5) is 15.1. The Balaban J connectivity index is 1.89. The summed E-state index contributed by atoms with van der Waals surface area (Å²) >= 11 is 1.66. The van der Waals surface area contributed by atoms with Crippen molar-refractivity contribution in [1.82, 2.24) is 10.2 Å². The zero-order chi connectivity index (χ0) is 13.7. The maximum atomic E-state index is 12.1. The Morgan fingerprint density at radius 2 is 2.26 bits per heavy atom. The average Bonchev–Trinajstić information content (AvgIpc) is 3.01. The van der Waals surface area contributed by atoms with Crippen LogP contribution in [0.15, 0.2) is 17.5 Å². The number of nitrogens with zero attached hydrogens (tertiary/aromatic N) is 1. The van der Waals surface area contributed by atoms with Crippen molar-refractivity contribution in [3.8, 4) is 0 Å². The number of methoxy groups -OCH3 is 1. The van der Waals surface area contributed by atoms with Gasteiger partial charge in [-0.3, -0.25) is 10.1 Å². The van der Waals surface area contributed by atoms with Gasteiger partial charge in [0.15, 0.2) is 0 Å². The van der Waals surface area contributed by atoms with Crippen LogP contribution in [0.25, 0.3) is 0 Å². The molecule has 1 saturated heterocycles. The van der Waals surface area contributed by atoms with Crippen LogP contribution in [0.5, 0.6) is 0 Å². The molecule has 6 heteroatoms. The smallest absolute Gasteiger partial charge is 0.241 e. The van der Waals surface area contributed by atoms with Crippen LogP contribution in [0.3, 0.4) is 0 Å². The standard InChI is InChI=1S/C13H20N2O3S/c1-10-13(16)15(5-6-18-8-7-17-2)12(14-10)11-4-3-9-19-11/h3-4,9-10,12,14H,5-8H2,1-2H3. The SMILES string of the molecule is COCCOCCN1C(=O)C(C)NC1c1cccs1. The molecule has 5 nitrogen and oxygen atoms in total. The third kappa shape index (κ3) is 3.54. The van der Waals surface area contributed by atoms with Crippen LogP contribution in [-0.2, 0) is 14.3 Å². The van der Waals surface area contributed by atoms with Crippen molar-refractivity contribution in [3.05, 3.63) is 22.4 Å². The number of thiophene rings is 1. The number of hydrogen-bond donors (Lipinski definition) is 1. The van der Waals surface area contributed by atoms with Crippen LogP contribution < -0.4 is 5.32 Å². The first-order valence-electron chi connectivity index (χ1n) is 6.40. The maximum absolute atomic E-state index is 12.1. The van der Waals surface area contributed by atoms with Gasteiger partial charge in [0, 0.05) is 18.5 Å². The molecule has 1 aromatic heterocycles. The molecule has 0 saturated carbocycles. The van der Waals surface area contributed by atoms with Crippen LogP contribution in [0.2, 0.25) is 0 Å². The third-order valence-corrected chi connectivity index (χ3v) is 4.02. The van der Waals surface area contributed by atoms with Gasteiger partial charge in [-0.1, -0.05) is 6.07 Å². The van der Waals surface area contributed by atoms with Gasteiger partial charge < -0.3 is 14.4 Å². The highest BCUT2D eigenvalue weighted by Crippen LogP contribution is 2.28. The van der Waals surface area contributed by atoms with Gasteiger partial charge in [0.25, 0.3) is 0 Å². The molecule has 0 bridgehead atoms. The Morgan fingerprint density at radius 1 is 1.42 bits per heavy atom. The largest absolute Gasteiger partial charge is 0.382 e. The van der Waals surface area contributed by atoms with Gasteiger partial charge >= 0.3 is 0 Å². The van der Waals surface area contributed by atoms with Crippen LogP contribution >= 0.6 is 11.3 Å². The van der Waals surface area contributed by atoms with E-state index in [4.69, 9.17) is 9.47 Å². The van der Waals surface area contributed by atoms with Crippen LogP contribution in [0.1, 0.15) is 18.0 Å². The molecular formula is C13H20N2O3S. The number of carbonyl (C=O) groups is 1. The highest BCUT2D eigenvalue weighted by molar-refractivity contribution is 7.10. The molecule has 106 valence electrons. The number of rotatable bonds is 7. The molecular weight excluding hydrogens is 264 g/mol. The number of ether oxygens (including phenoxy) is 2. The number of hydrogen-bond acceptors (Lipinski definition) is 5. The average molecular weight is 284 g/mol. The van der Waals surface area contributed by atoms with Gasteiger partial charge in [-0.2, -0.15) is 0 Å². The molecule has 19 heavy (non-hydrogen) atoms. The number of carbonyl (C=O) groups excluding carboxylic acids is 1. The monoisotopic (exact) mass is 284 g/mol. The fourth-order valence-corrected chi connectivity index (χ4v) is 2.90. The topological polar surface area (TPSA) is 50.8 Å². The lowest BCUT2D eigenvalue weighted by atomic mass is 10.3. The van der Waals surface area contributed by atoms with E-state index in [-0.39, 0.29) is 18.1 Å². The van der Waals surface area contributed by atoms with Gasteiger partial charge in [0.05, 0.1) is 25.9 Å². The Labute approximate surface area is 117 Å². The molecule has 1 aromatic rings. The molecule has 0 aromatic carbocycles. The van der Waals surface area contributed by atoms with Gasteiger partial charge in [-0.05, 0) is 18.4 Å². The fraction of sp³-hybridized carbons (Fsp3) is 0.615. The molecule has 1 N–H and O–H groups in total. The lowest BCUT2D eigenvalue weighted by Crippen LogP contribution is -2.33. The van der Waals surface area contributed by atoms with E-state index >= 15 is 0 Å². The minimum Gasteiger partial charge on any atom is -0.382 e. The van der Waals surface area contributed by atoms with Crippen molar-refractivity contribution < 1.29 is 14.3 Å². The predicted octanol–water partition coefficient (Wildman–Crippen LogP) is 1.23. The maximum Gasteiger partial charge on any atom is 0.241 e. The van der Waals surface area contributed by atoms with E-state index in [1.165, 1.54) is 0 Å². The highest BCUT2D eigenvalue weighted by Gasteiger charge is 2.37. The minimum absolute atomic E-state index is 0.0199. The summed E-state index contributed by atoms with van der Waals surface area (Å²) in [6, 6.07) is 3.92. The summed E-state index contributed by atoms with van der Waals surface area (Å²) in [5.41, 5.74) is 0. The summed E-state index contributed by atoms with van der Waals surface area (Å²) in [6.45, 7) is 4.17. The predicted molar refractivity (Wildman–Crippen MR) is 74.1 cm³/mol. The summed E-state index contributed by atoms with van der Waals surface area (Å²) in [5.74, 6) is 0.133. The lowest BCUT2D eigenvalue weighted by molar-refractivity contribution is -0.130. The van der Waals surface area contributed by atoms with Gasteiger partial charge in [-0.15, -0.1) is 11.3 Å². The fourth-order valence-electron chi connectivity index (χ4n) is 2.10. The quantitative estimate of drug-likeness (QED) is 0.765. The van der Waals surface area contributed by atoms with E-state index in [0.717, 1.165) is 4.88 Å². The minimum atomic E-state index is -0.133. The summed E-state index contributed by atoms with van der Waals surface area (Å²) in [6.07, 6.45) is -0.0199. The van der Waals surface area contributed by atoms with Crippen molar-refractivity contribution in [1.29, 1.82) is 0 Å². The highest BCUT2D eigenvalue weighted by atomic mass is 32.1. The second kappa shape index (κ2) is 7.00. The van der Waals surface area contributed by atoms with Gasteiger partial charge in [0.1, 0.15) is 6.17 Å². The molecule has 0 aliphatic carbocycles. The molecule has 2 rings (SSSR count). The molecule has 0 radical (unpaired) electrons. The van der Waals surface area contributed by atoms with E-state index in [9.17, 15) is 4.79 Å². The zero-order valence-electron chi connectivity index (χ0n) is 11.3.